The maximum absolute atomic E-state index is 13.2. The van der Waals surface area contributed by atoms with E-state index in [1.807, 2.05) is 6.92 Å². The molecule has 122 valence electrons. The van der Waals surface area contributed by atoms with Crippen LogP contribution in [0.2, 0.25) is 0 Å². The lowest BCUT2D eigenvalue weighted by Gasteiger charge is -2.26. The number of rotatable bonds is 3. The molecular formula is C18H15FN2O2S. The summed E-state index contributed by atoms with van der Waals surface area (Å²) in [5, 5.41) is -0.212. The van der Waals surface area contributed by atoms with Gasteiger partial charge in [-0.15, -0.1) is 11.8 Å². The summed E-state index contributed by atoms with van der Waals surface area (Å²) >= 11 is 1.49. The Hall–Kier alpha value is -2.47. The molecule has 0 aliphatic carbocycles. The minimum absolute atomic E-state index is 0.0154. The number of aliphatic imine (C=N–C) groups is 1. The second-order valence-electron chi connectivity index (χ2n) is 5.44. The molecule has 0 aromatic heterocycles. The lowest BCUT2D eigenvalue weighted by Crippen LogP contribution is -2.28. The molecule has 24 heavy (non-hydrogen) atoms. The van der Waals surface area contributed by atoms with Crippen LogP contribution in [0.1, 0.15) is 26.9 Å². The standard InChI is InChI=1S/C18H15FN2O2S/c1-11-9-13(17(23)20-2)5-8-15(11)21-16(22)10-24-18(21)12-3-6-14(19)7-4-12/h3-9,18H,2,10H2,1H3. The molecule has 1 heterocycles. The van der Waals surface area contributed by atoms with E-state index >= 15 is 0 Å². The summed E-state index contributed by atoms with van der Waals surface area (Å²) in [7, 11) is 0. The van der Waals surface area contributed by atoms with Crippen LogP contribution in [0.4, 0.5) is 10.1 Å². The van der Waals surface area contributed by atoms with E-state index in [4.69, 9.17) is 0 Å². The Morgan fingerprint density at radius 2 is 2.00 bits per heavy atom. The first-order valence-electron chi connectivity index (χ1n) is 7.32. The molecule has 1 aliphatic rings. The fourth-order valence-electron chi connectivity index (χ4n) is 2.71. The monoisotopic (exact) mass is 342 g/mol. The highest BCUT2D eigenvalue weighted by atomic mass is 32.2. The van der Waals surface area contributed by atoms with E-state index in [1.165, 1.54) is 23.9 Å². The summed E-state index contributed by atoms with van der Waals surface area (Å²) in [6, 6.07) is 11.2. The zero-order chi connectivity index (χ0) is 17.3. The number of thioether (sulfide) groups is 1. The Morgan fingerprint density at radius 3 is 2.62 bits per heavy atom. The Bertz CT molecular complexity index is 820. The van der Waals surface area contributed by atoms with Crippen molar-refractivity contribution in [3.63, 3.8) is 0 Å². The molecule has 0 saturated carbocycles. The van der Waals surface area contributed by atoms with Gasteiger partial charge in [-0.1, -0.05) is 12.1 Å². The molecule has 1 saturated heterocycles. The number of amides is 2. The van der Waals surface area contributed by atoms with Gasteiger partial charge < -0.3 is 0 Å². The van der Waals surface area contributed by atoms with Crippen LogP contribution >= 0.6 is 11.8 Å². The smallest absolute Gasteiger partial charge is 0.276 e. The van der Waals surface area contributed by atoms with Gasteiger partial charge in [-0.25, -0.2) is 9.38 Å². The van der Waals surface area contributed by atoms with Crippen LogP contribution in [-0.2, 0) is 4.79 Å². The summed E-state index contributed by atoms with van der Waals surface area (Å²) in [4.78, 5) is 29.1. The van der Waals surface area contributed by atoms with Crippen molar-refractivity contribution in [2.24, 2.45) is 4.99 Å². The number of benzene rings is 2. The van der Waals surface area contributed by atoms with Gasteiger partial charge in [-0.05, 0) is 55.1 Å². The van der Waals surface area contributed by atoms with Gasteiger partial charge in [-0.2, -0.15) is 0 Å². The van der Waals surface area contributed by atoms with E-state index < -0.39 is 5.91 Å². The number of anilines is 1. The first-order valence-corrected chi connectivity index (χ1v) is 8.37. The largest absolute Gasteiger partial charge is 0.295 e. The molecule has 1 unspecified atom stereocenters. The minimum atomic E-state index is -0.401. The van der Waals surface area contributed by atoms with Gasteiger partial charge in [0.05, 0.1) is 5.75 Å². The van der Waals surface area contributed by atoms with E-state index in [1.54, 1.807) is 35.2 Å². The lowest BCUT2D eigenvalue weighted by atomic mass is 10.1. The van der Waals surface area contributed by atoms with E-state index in [0.717, 1.165) is 16.8 Å². The molecule has 0 radical (unpaired) electrons. The van der Waals surface area contributed by atoms with Crippen LogP contribution in [0.15, 0.2) is 47.5 Å². The molecule has 1 atom stereocenters. The Balaban J connectivity index is 1.99. The van der Waals surface area contributed by atoms with Crippen LogP contribution in [0.5, 0.6) is 0 Å². The van der Waals surface area contributed by atoms with Crippen molar-refractivity contribution in [3.05, 3.63) is 65.0 Å². The van der Waals surface area contributed by atoms with Crippen molar-refractivity contribution in [1.29, 1.82) is 0 Å². The van der Waals surface area contributed by atoms with Crippen molar-refractivity contribution in [3.8, 4) is 0 Å². The predicted molar refractivity (Wildman–Crippen MR) is 94.1 cm³/mol. The quantitative estimate of drug-likeness (QED) is 0.798. The van der Waals surface area contributed by atoms with Crippen molar-refractivity contribution >= 4 is 36.0 Å². The van der Waals surface area contributed by atoms with Crippen molar-refractivity contribution in [2.75, 3.05) is 10.7 Å². The predicted octanol–water partition coefficient (Wildman–Crippen LogP) is 3.75. The van der Waals surface area contributed by atoms with Crippen molar-refractivity contribution in [1.82, 2.24) is 0 Å². The average molecular weight is 342 g/mol. The molecule has 0 bridgehead atoms. The van der Waals surface area contributed by atoms with Gasteiger partial charge >= 0.3 is 0 Å². The molecule has 0 N–H and O–H groups in total. The number of nitrogens with zero attached hydrogens (tertiary/aromatic N) is 2. The molecule has 2 aromatic carbocycles. The van der Waals surface area contributed by atoms with Crippen LogP contribution in [0, 0.1) is 12.7 Å². The summed E-state index contributed by atoms with van der Waals surface area (Å²) in [5.74, 6) is -0.369. The van der Waals surface area contributed by atoms with Gasteiger partial charge in [0.15, 0.2) is 0 Å². The first kappa shape index (κ1) is 16.4. The Morgan fingerprint density at radius 1 is 1.29 bits per heavy atom. The van der Waals surface area contributed by atoms with E-state index in [-0.39, 0.29) is 17.1 Å². The highest BCUT2D eigenvalue weighted by Crippen LogP contribution is 2.42. The van der Waals surface area contributed by atoms with Gasteiger partial charge in [0.2, 0.25) is 5.91 Å². The fourth-order valence-corrected chi connectivity index (χ4v) is 3.88. The van der Waals surface area contributed by atoms with Gasteiger partial charge in [0.25, 0.3) is 5.91 Å². The van der Waals surface area contributed by atoms with E-state index in [2.05, 4.69) is 11.7 Å². The molecule has 4 nitrogen and oxygen atoms in total. The SMILES string of the molecule is C=NC(=O)c1ccc(N2C(=O)CSC2c2ccc(F)cc2)c(C)c1. The number of carbonyl (C=O) groups is 2. The maximum atomic E-state index is 13.2. The van der Waals surface area contributed by atoms with Crippen LogP contribution in [0.3, 0.4) is 0 Å². The molecule has 0 spiro atoms. The highest BCUT2D eigenvalue weighted by Gasteiger charge is 2.34. The molecule has 2 aromatic rings. The summed E-state index contributed by atoms with van der Waals surface area (Å²) in [6.07, 6.45) is 0. The zero-order valence-electron chi connectivity index (χ0n) is 13.0. The topological polar surface area (TPSA) is 49.7 Å². The Labute approximate surface area is 143 Å². The van der Waals surface area contributed by atoms with Crippen molar-refractivity contribution < 1.29 is 14.0 Å². The molecule has 6 heteroatoms. The summed E-state index contributed by atoms with van der Waals surface area (Å²) in [5.41, 5.74) is 2.83. The van der Waals surface area contributed by atoms with E-state index in [0.29, 0.717) is 11.3 Å². The highest BCUT2D eigenvalue weighted by molar-refractivity contribution is 8.00. The summed E-state index contributed by atoms with van der Waals surface area (Å²) in [6.45, 7) is 5.08. The third kappa shape index (κ3) is 2.97. The molecule has 1 fully saturated rings. The number of hydrogen-bond donors (Lipinski definition) is 0. The van der Waals surface area contributed by atoms with Gasteiger partial charge in [0.1, 0.15) is 11.2 Å². The third-order valence-corrected chi connectivity index (χ3v) is 5.08. The second-order valence-corrected chi connectivity index (χ2v) is 6.51. The molecule has 1 aliphatic heterocycles. The Kier molecular flexibility index (Phi) is 4.49. The zero-order valence-corrected chi connectivity index (χ0v) is 13.8. The lowest BCUT2D eigenvalue weighted by molar-refractivity contribution is -0.115. The van der Waals surface area contributed by atoms with Crippen LogP contribution in [0.25, 0.3) is 0 Å². The van der Waals surface area contributed by atoms with Crippen LogP contribution in [-0.4, -0.2) is 24.3 Å². The second kappa shape index (κ2) is 6.57. The minimum Gasteiger partial charge on any atom is -0.295 e. The fraction of sp³-hybridized carbons (Fsp3) is 0.167. The molecule has 3 rings (SSSR count). The summed E-state index contributed by atoms with van der Waals surface area (Å²) < 4.78 is 13.2. The maximum Gasteiger partial charge on any atom is 0.276 e. The molecular weight excluding hydrogens is 327 g/mol. The third-order valence-electron chi connectivity index (χ3n) is 3.87. The normalized spacial score (nSPS) is 17.2. The average Bonchev–Trinajstić information content (AvgIpc) is 2.96. The molecule has 2 amide bonds. The number of carbonyl (C=O) groups excluding carboxylic acids is 2. The van der Waals surface area contributed by atoms with E-state index in [9.17, 15) is 14.0 Å². The first-order chi connectivity index (χ1) is 11.5. The van der Waals surface area contributed by atoms with Gasteiger partial charge in [-0.3, -0.25) is 14.5 Å². The number of hydrogen-bond acceptors (Lipinski definition) is 3. The van der Waals surface area contributed by atoms with Gasteiger partial charge in [0, 0.05) is 11.3 Å². The number of halogens is 1. The number of aryl methyl sites for hydroxylation is 1. The van der Waals surface area contributed by atoms with Crippen LogP contribution < -0.4 is 4.90 Å². The van der Waals surface area contributed by atoms with Crippen molar-refractivity contribution in [2.45, 2.75) is 12.3 Å².